The molecule has 4 rings (SSSR count). The molecule has 170 valence electrons. The minimum absolute atomic E-state index is 0.00205. The molecular weight excluding hydrogens is 458 g/mol. The summed E-state index contributed by atoms with van der Waals surface area (Å²) >= 11 is 6.19. The lowest BCUT2D eigenvalue weighted by atomic mass is 10.1. The molecule has 0 radical (unpaired) electrons. The van der Waals surface area contributed by atoms with Crippen molar-refractivity contribution in [3.63, 3.8) is 0 Å². The zero-order valence-electron chi connectivity index (χ0n) is 18.8. The fraction of sp³-hybridized carbons (Fsp3) is 0.200. The maximum Gasteiger partial charge on any atom is 0.266 e. The molecule has 1 atom stereocenters. The lowest BCUT2D eigenvalue weighted by molar-refractivity contribution is 0.379. The third-order valence-electron chi connectivity index (χ3n) is 5.81. The molecule has 0 saturated carbocycles. The number of halogens is 1. The van der Waals surface area contributed by atoms with Crippen molar-refractivity contribution in [1.29, 1.82) is 0 Å². The van der Waals surface area contributed by atoms with Gasteiger partial charge < -0.3 is 0 Å². The SMILES string of the molecule is Cc1ccc(-n2c(C(C)N(C)S(=O)(=O)c3ccccc3Cl)nc3ccccc3c2=O)c(C)c1. The van der Waals surface area contributed by atoms with E-state index in [9.17, 15) is 13.2 Å². The van der Waals surface area contributed by atoms with E-state index in [0.29, 0.717) is 22.4 Å². The highest BCUT2D eigenvalue weighted by Gasteiger charge is 2.31. The summed E-state index contributed by atoms with van der Waals surface area (Å²) in [7, 11) is -2.48. The Labute approximate surface area is 198 Å². The summed E-state index contributed by atoms with van der Waals surface area (Å²) in [5, 5.41) is 0.597. The van der Waals surface area contributed by atoms with E-state index in [1.807, 2.05) is 32.0 Å². The molecule has 8 heteroatoms. The maximum absolute atomic E-state index is 13.6. The highest BCUT2D eigenvalue weighted by atomic mass is 35.5. The van der Waals surface area contributed by atoms with Gasteiger partial charge in [0.25, 0.3) is 5.56 Å². The smallest absolute Gasteiger partial charge is 0.266 e. The number of rotatable bonds is 5. The standard InChI is InChI=1S/C25H24ClN3O3S/c1-16-13-14-22(17(2)15-16)29-24(27-21-11-7-5-9-19(21)25(29)30)18(3)28(4)33(31,32)23-12-8-6-10-20(23)26/h5-15,18H,1-4H3. The number of para-hydroxylation sites is 1. The van der Waals surface area contributed by atoms with Crippen LogP contribution in [-0.4, -0.2) is 29.3 Å². The molecule has 6 nitrogen and oxygen atoms in total. The van der Waals surface area contributed by atoms with Crippen LogP contribution in [0.5, 0.6) is 0 Å². The number of benzene rings is 3. The second-order valence-corrected chi connectivity index (χ2v) is 10.4. The Morgan fingerprint density at radius 1 is 1.00 bits per heavy atom. The van der Waals surface area contributed by atoms with Crippen molar-refractivity contribution in [2.45, 2.75) is 31.7 Å². The van der Waals surface area contributed by atoms with Gasteiger partial charge in [0, 0.05) is 7.05 Å². The minimum Gasteiger partial charge on any atom is -0.268 e. The molecule has 0 saturated heterocycles. The summed E-state index contributed by atoms with van der Waals surface area (Å²) in [6, 6.07) is 18.4. The summed E-state index contributed by atoms with van der Waals surface area (Å²) in [5.41, 5.74) is 2.87. The van der Waals surface area contributed by atoms with E-state index in [-0.39, 0.29) is 15.5 Å². The van der Waals surface area contributed by atoms with E-state index in [4.69, 9.17) is 16.6 Å². The van der Waals surface area contributed by atoms with Gasteiger partial charge in [0.05, 0.1) is 27.7 Å². The molecule has 0 fully saturated rings. The van der Waals surface area contributed by atoms with Crippen LogP contribution < -0.4 is 5.56 Å². The molecular formula is C25H24ClN3O3S. The topological polar surface area (TPSA) is 72.3 Å². The number of nitrogens with zero attached hydrogens (tertiary/aromatic N) is 3. The summed E-state index contributed by atoms with van der Waals surface area (Å²) in [6.07, 6.45) is 0. The number of hydrogen-bond donors (Lipinski definition) is 0. The van der Waals surface area contributed by atoms with Crippen LogP contribution in [0.1, 0.15) is 29.9 Å². The predicted molar refractivity (Wildman–Crippen MR) is 132 cm³/mol. The highest BCUT2D eigenvalue weighted by molar-refractivity contribution is 7.89. The van der Waals surface area contributed by atoms with Gasteiger partial charge in [-0.3, -0.25) is 9.36 Å². The molecule has 0 aliphatic carbocycles. The van der Waals surface area contributed by atoms with Crippen LogP contribution in [0.4, 0.5) is 0 Å². The number of sulfonamides is 1. The first-order valence-electron chi connectivity index (χ1n) is 10.4. The van der Waals surface area contributed by atoms with Crippen LogP contribution in [0, 0.1) is 13.8 Å². The Hall–Kier alpha value is -3.00. The summed E-state index contributed by atoms with van der Waals surface area (Å²) in [5.74, 6) is 0.323. The van der Waals surface area contributed by atoms with E-state index in [2.05, 4.69) is 0 Å². The summed E-state index contributed by atoms with van der Waals surface area (Å²) in [6.45, 7) is 5.61. The molecule has 0 aliphatic heterocycles. The Morgan fingerprint density at radius 3 is 2.36 bits per heavy atom. The van der Waals surface area contributed by atoms with Crippen molar-refractivity contribution in [1.82, 2.24) is 13.9 Å². The van der Waals surface area contributed by atoms with E-state index in [0.717, 1.165) is 11.1 Å². The molecule has 3 aromatic carbocycles. The first kappa shape index (κ1) is 23.2. The highest BCUT2D eigenvalue weighted by Crippen LogP contribution is 2.30. The van der Waals surface area contributed by atoms with Crippen molar-refractivity contribution < 1.29 is 8.42 Å². The third-order valence-corrected chi connectivity index (χ3v) is 8.24. The van der Waals surface area contributed by atoms with Gasteiger partial charge in [-0.05, 0) is 56.7 Å². The number of fused-ring (bicyclic) bond motifs is 1. The average Bonchev–Trinajstić information content (AvgIpc) is 2.79. The van der Waals surface area contributed by atoms with E-state index >= 15 is 0 Å². The molecule has 0 amide bonds. The van der Waals surface area contributed by atoms with Crippen molar-refractivity contribution in [3.8, 4) is 5.69 Å². The Morgan fingerprint density at radius 2 is 1.67 bits per heavy atom. The second-order valence-electron chi connectivity index (χ2n) is 8.05. The Bertz CT molecular complexity index is 1530. The van der Waals surface area contributed by atoms with Crippen molar-refractivity contribution in [2.24, 2.45) is 0 Å². The van der Waals surface area contributed by atoms with Crippen LogP contribution in [-0.2, 0) is 10.0 Å². The molecule has 0 aliphatic rings. The largest absolute Gasteiger partial charge is 0.268 e. The summed E-state index contributed by atoms with van der Waals surface area (Å²) < 4.78 is 29.5. The van der Waals surface area contributed by atoms with Gasteiger partial charge in [0.2, 0.25) is 10.0 Å². The quantitative estimate of drug-likeness (QED) is 0.400. The number of aromatic nitrogens is 2. The summed E-state index contributed by atoms with van der Waals surface area (Å²) in [4.78, 5) is 18.4. The van der Waals surface area contributed by atoms with Crippen molar-refractivity contribution >= 4 is 32.5 Å². The molecule has 1 heterocycles. The van der Waals surface area contributed by atoms with Gasteiger partial charge in [-0.15, -0.1) is 0 Å². The predicted octanol–water partition coefficient (Wildman–Crippen LogP) is 5.04. The molecule has 1 aromatic heterocycles. The molecule has 1 unspecified atom stereocenters. The molecule has 33 heavy (non-hydrogen) atoms. The van der Waals surface area contributed by atoms with Crippen molar-refractivity contribution in [3.05, 3.63) is 99.1 Å². The Kier molecular flexibility index (Phi) is 6.14. The van der Waals surface area contributed by atoms with Gasteiger partial charge in [-0.1, -0.05) is 53.6 Å². The van der Waals surface area contributed by atoms with Crippen LogP contribution in [0.25, 0.3) is 16.6 Å². The normalized spacial score (nSPS) is 12.9. The van der Waals surface area contributed by atoms with Crippen LogP contribution in [0.3, 0.4) is 0 Å². The molecule has 0 bridgehead atoms. The fourth-order valence-electron chi connectivity index (χ4n) is 3.90. The number of aryl methyl sites for hydroxylation is 2. The lowest BCUT2D eigenvalue weighted by Gasteiger charge is -2.27. The van der Waals surface area contributed by atoms with Crippen LogP contribution >= 0.6 is 11.6 Å². The van der Waals surface area contributed by atoms with Crippen LogP contribution in [0.2, 0.25) is 5.02 Å². The molecule has 0 N–H and O–H groups in total. The molecule has 0 spiro atoms. The van der Waals surface area contributed by atoms with E-state index < -0.39 is 16.1 Å². The fourth-order valence-corrected chi connectivity index (χ4v) is 5.71. The van der Waals surface area contributed by atoms with Crippen molar-refractivity contribution in [2.75, 3.05) is 7.05 Å². The maximum atomic E-state index is 13.6. The first-order valence-corrected chi connectivity index (χ1v) is 12.3. The Balaban J connectivity index is 1.96. The first-order chi connectivity index (χ1) is 15.6. The molecule has 4 aromatic rings. The van der Waals surface area contributed by atoms with E-state index in [1.165, 1.54) is 28.1 Å². The monoisotopic (exact) mass is 481 g/mol. The third kappa shape index (κ3) is 4.08. The zero-order valence-corrected chi connectivity index (χ0v) is 20.4. The lowest BCUT2D eigenvalue weighted by Crippen LogP contribution is -2.35. The van der Waals surface area contributed by atoms with Gasteiger partial charge in [-0.2, -0.15) is 4.31 Å². The van der Waals surface area contributed by atoms with Gasteiger partial charge >= 0.3 is 0 Å². The average molecular weight is 482 g/mol. The second kappa shape index (κ2) is 8.74. The van der Waals surface area contributed by atoms with E-state index in [1.54, 1.807) is 43.3 Å². The minimum atomic E-state index is -3.95. The van der Waals surface area contributed by atoms with Crippen LogP contribution in [0.15, 0.2) is 76.4 Å². The van der Waals surface area contributed by atoms with Gasteiger partial charge in [-0.25, -0.2) is 13.4 Å². The zero-order chi connectivity index (χ0) is 23.9. The van der Waals surface area contributed by atoms with Gasteiger partial charge in [0.1, 0.15) is 10.7 Å². The van der Waals surface area contributed by atoms with Gasteiger partial charge in [0.15, 0.2) is 0 Å². The number of hydrogen-bond acceptors (Lipinski definition) is 4.